The molecule has 168 valence electrons. The van der Waals surface area contributed by atoms with E-state index in [2.05, 4.69) is 115 Å². The minimum atomic E-state index is -0.776. The summed E-state index contributed by atoms with van der Waals surface area (Å²) in [5.74, 6) is 0.791. The van der Waals surface area contributed by atoms with E-state index in [4.69, 9.17) is 9.73 Å². The first-order valence-electron chi connectivity index (χ1n) is 11.8. The fraction of sp³-hybridized carbons (Fsp3) is 0.167. The van der Waals surface area contributed by atoms with Gasteiger partial charge >= 0.3 is 0 Å². The second-order valence-electron chi connectivity index (χ2n) is 8.79. The highest BCUT2D eigenvalue weighted by Crippen LogP contribution is 2.54. The van der Waals surface area contributed by atoms with Gasteiger partial charge in [-0.2, -0.15) is 0 Å². The van der Waals surface area contributed by atoms with Gasteiger partial charge in [-0.05, 0) is 28.2 Å². The van der Waals surface area contributed by atoms with Crippen molar-refractivity contribution in [3.63, 3.8) is 0 Å². The molecule has 2 atom stereocenters. The molecule has 3 nitrogen and oxygen atoms in total. The first-order valence-corrected chi connectivity index (χ1v) is 13.2. The molecule has 3 aliphatic rings. The van der Waals surface area contributed by atoms with E-state index in [1.54, 1.807) is 0 Å². The lowest BCUT2D eigenvalue weighted by Crippen LogP contribution is -2.29. The first kappa shape index (κ1) is 21.1. The van der Waals surface area contributed by atoms with E-state index in [9.17, 15) is 0 Å². The number of likely N-dealkylation sites (N-methyl/N-ethyl adjacent to an activating group) is 1. The van der Waals surface area contributed by atoms with Crippen LogP contribution in [0.15, 0.2) is 131 Å². The Morgan fingerprint density at radius 3 is 2.12 bits per heavy atom. The van der Waals surface area contributed by atoms with Crippen LogP contribution in [0.4, 0.5) is 0 Å². The van der Waals surface area contributed by atoms with Crippen molar-refractivity contribution in [3.8, 4) is 0 Å². The van der Waals surface area contributed by atoms with E-state index in [1.165, 1.54) is 32.8 Å². The zero-order chi connectivity index (χ0) is 22.9. The molecule has 0 saturated carbocycles. The monoisotopic (exact) mass is 462 g/mol. The van der Waals surface area contributed by atoms with Gasteiger partial charge < -0.3 is 9.64 Å². The summed E-state index contributed by atoms with van der Waals surface area (Å²) in [5, 5.41) is 2.68. The van der Waals surface area contributed by atoms with Crippen LogP contribution in [0.2, 0.25) is 0 Å². The van der Waals surface area contributed by atoms with Crippen molar-refractivity contribution in [2.75, 3.05) is 13.7 Å². The minimum Gasteiger partial charge on any atom is -0.475 e. The zero-order valence-electron chi connectivity index (χ0n) is 19.2. The van der Waals surface area contributed by atoms with E-state index in [-0.39, 0.29) is 6.04 Å². The molecule has 0 fully saturated rings. The summed E-state index contributed by atoms with van der Waals surface area (Å²) >= 11 is 0. The maximum Gasteiger partial charge on any atom is 0.219 e. The standard InChI is InChI=1S/C30H27N2OP/c1-32-27-20-12-11-19-25(27)28(29-31-26(21-33-29)22-13-5-2-6-14-22)30(32)34(23-15-7-3-8-16-23)24-17-9-4-10-18-24/h2-19,26-27H,20-21H2,1H3/t26-,27?/m1/s1. The Labute approximate surface area is 202 Å². The third-order valence-electron chi connectivity index (χ3n) is 6.73. The molecule has 6 rings (SSSR count). The Balaban J connectivity index is 1.55. The number of fused-ring (bicyclic) bond motifs is 1. The largest absolute Gasteiger partial charge is 0.475 e. The molecular formula is C30H27N2OP. The van der Waals surface area contributed by atoms with Gasteiger partial charge in [-0.3, -0.25) is 0 Å². The molecule has 0 aromatic heterocycles. The molecule has 0 bridgehead atoms. The van der Waals surface area contributed by atoms with Gasteiger partial charge in [-0.1, -0.05) is 109 Å². The van der Waals surface area contributed by atoms with Gasteiger partial charge in [-0.25, -0.2) is 4.99 Å². The van der Waals surface area contributed by atoms with Crippen molar-refractivity contribution in [1.82, 2.24) is 4.90 Å². The molecule has 2 aliphatic heterocycles. The molecule has 3 aromatic rings. The van der Waals surface area contributed by atoms with Gasteiger partial charge in [0.25, 0.3) is 0 Å². The average Bonchev–Trinajstić information content (AvgIpc) is 3.50. The summed E-state index contributed by atoms with van der Waals surface area (Å²) in [7, 11) is 1.47. The molecule has 0 N–H and O–H groups in total. The van der Waals surface area contributed by atoms with Gasteiger partial charge in [-0.15, -0.1) is 0 Å². The lowest BCUT2D eigenvalue weighted by molar-refractivity contribution is 0.319. The van der Waals surface area contributed by atoms with Crippen LogP contribution in [-0.2, 0) is 4.74 Å². The molecule has 2 heterocycles. The summed E-state index contributed by atoms with van der Waals surface area (Å²) in [6, 6.07) is 32.6. The highest BCUT2D eigenvalue weighted by molar-refractivity contribution is 7.76. The van der Waals surface area contributed by atoms with Gasteiger partial charge in [0, 0.05) is 15.0 Å². The summed E-state index contributed by atoms with van der Waals surface area (Å²) in [5.41, 5.74) is 5.05. The smallest absolute Gasteiger partial charge is 0.219 e. The van der Waals surface area contributed by atoms with Crippen molar-refractivity contribution < 1.29 is 4.74 Å². The average molecular weight is 463 g/mol. The van der Waals surface area contributed by atoms with E-state index in [0.29, 0.717) is 12.6 Å². The normalized spacial score (nSPS) is 21.4. The van der Waals surface area contributed by atoms with Crippen LogP contribution in [0, 0.1) is 0 Å². The van der Waals surface area contributed by atoms with E-state index >= 15 is 0 Å². The van der Waals surface area contributed by atoms with Gasteiger partial charge in [0.05, 0.1) is 17.1 Å². The Kier molecular flexibility index (Phi) is 5.65. The third kappa shape index (κ3) is 3.71. The summed E-state index contributed by atoms with van der Waals surface area (Å²) in [4.78, 5) is 7.63. The summed E-state index contributed by atoms with van der Waals surface area (Å²) in [6.07, 6.45) is 7.71. The predicted octanol–water partition coefficient (Wildman–Crippen LogP) is 5.70. The van der Waals surface area contributed by atoms with Crippen LogP contribution in [0.25, 0.3) is 0 Å². The molecule has 4 heteroatoms. The van der Waals surface area contributed by atoms with Crippen molar-refractivity contribution in [2.45, 2.75) is 18.5 Å². The zero-order valence-corrected chi connectivity index (χ0v) is 20.1. The van der Waals surface area contributed by atoms with E-state index in [0.717, 1.165) is 12.3 Å². The molecule has 0 saturated heterocycles. The van der Waals surface area contributed by atoms with Gasteiger partial charge in [0.15, 0.2) is 0 Å². The number of benzene rings is 3. The molecule has 1 aliphatic carbocycles. The molecule has 0 amide bonds. The third-order valence-corrected chi connectivity index (χ3v) is 9.33. The van der Waals surface area contributed by atoms with E-state index < -0.39 is 7.92 Å². The SMILES string of the molecule is CN1C(P(c2ccccc2)c2ccccc2)=C(C2=N[C@@H](c3ccccc3)CO2)C2=CC=CCC21. The second-order valence-corrected chi connectivity index (χ2v) is 10.9. The Morgan fingerprint density at radius 2 is 1.47 bits per heavy atom. The Hall–Kier alpha value is -3.42. The lowest BCUT2D eigenvalue weighted by Gasteiger charge is -2.31. The fourth-order valence-electron chi connectivity index (χ4n) is 5.08. The number of hydrogen-bond acceptors (Lipinski definition) is 3. The maximum absolute atomic E-state index is 6.36. The van der Waals surface area contributed by atoms with Gasteiger partial charge in [0.1, 0.15) is 12.6 Å². The van der Waals surface area contributed by atoms with Crippen molar-refractivity contribution in [2.24, 2.45) is 4.99 Å². The molecule has 0 radical (unpaired) electrons. The maximum atomic E-state index is 6.36. The van der Waals surface area contributed by atoms with Crippen LogP contribution in [0.1, 0.15) is 18.0 Å². The molecule has 34 heavy (non-hydrogen) atoms. The Bertz CT molecular complexity index is 1260. The van der Waals surface area contributed by atoms with Crippen molar-refractivity contribution >= 4 is 24.4 Å². The number of aliphatic imine (C=N–C) groups is 1. The molecular weight excluding hydrogens is 435 g/mol. The van der Waals surface area contributed by atoms with Crippen LogP contribution in [-0.4, -0.2) is 30.5 Å². The first-order chi connectivity index (χ1) is 16.8. The summed E-state index contributed by atoms with van der Waals surface area (Å²) in [6.45, 7) is 0.586. The van der Waals surface area contributed by atoms with Crippen molar-refractivity contribution in [3.05, 3.63) is 131 Å². The second kappa shape index (κ2) is 9.08. The fourth-order valence-corrected chi connectivity index (χ4v) is 7.71. The van der Waals surface area contributed by atoms with Crippen LogP contribution < -0.4 is 10.6 Å². The summed E-state index contributed by atoms with van der Waals surface area (Å²) < 4.78 is 6.36. The highest BCUT2D eigenvalue weighted by atomic mass is 31.1. The van der Waals surface area contributed by atoms with Crippen LogP contribution in [0.5, 0.6) is 0 Å². The number of allylic oxidation sites excluding steroid dienone is 2. The highest BCUT2D eigenvalue weighted by Gasteiger charge is 2.42. The number of nitrogens with zero attached hydrogens (tertiary/aromatic N) is 2. The number of rotatable bonds is 5. The number of hydrogen-bond donors (Lipinski definition) is 0. The van der Waals surface area contributed by atoms with Crippen molar-refractivity contribution in [1.29, 1.82) is 0 Å². The van der Waals surface area contributed by atoms with Crippen LogP contribution in [0.3, 0.4) is 0 Å². The predicted molar refractivity (Wildman–Crippen MR) is 142 cm³/mol. The topological polar surface area (TPSA) is 24.8 Å². The molecule has 3 aromatic carbocycles. The Morgan fingerprint density at radius 1 is 0.853 bits per heavy atom. The van der Waals surface area contributed by atoms with Crippen LogP contribution >= 0.6 is 7.92 Å². The van der Waals surface area contributed by atoms with E-state index in [1.807, 2.05) is 6.07 Å². The minimum absolute atomic E-state index is 0.0358. The quantitative estimate of drug-likeness (QED) is 0.455. The lowest BCUT2D eigenvalue weighted by atomic mass is 9.95. The molecule has 1 unspecified atom stereocenters. The van der Waals surface area contributed by atoms with Gasteiger partial charge in [0.2, 0.25) is 5.90 Å². The molecule has 0 spiro atoms. The number of ether oxygens (including phenoxy) is 1.